The first-order valence-corrected chi connectivity index (χ1v) is 28.2. The van der Waals surface area contributed by atoms with Gasteiger partial charge < -0.3 is 52.9 Å². The van der Waals surface area contributed by atoms with Gasteiger partial charge in [-0.1, -0.05) is 96.1 Å². The molecule has 80 heavy (non-hydrogen) atoms. The number of carbonyl (C=O) groups excluding carboxylic acids is 1. The fourth-order valence-corrected chi connectivity index (χ4v) is 10.2. The largest absolute Gasteiger partial charge is 1.00 e. The standard InChI is InChI=1S/C33H44N2O5.C31H40N2O5.Li.H2O/c1-5-37-33(36)28(21-35(4)18-17-26-12-7-6-8-13-26)22-38-29-15-10-16-30(20-29)39-23-31-25(3)40-32(34-31)27-14-9-11-24(2)19-27;1-22-9-7-12-25(17-22)30-32-29(23(2)38-30)21-37-28-14-8-13-27(18-28)36-20-26(31(34)35)19-33(3)16-15-24-10-5-4-6-11-24;;/h6-9,11-14,19,28-30H,5,10,15-18,20-23H2,1-4H3;4-7,9-12,17,26-28H,8,13-16,18-21H2,1-3H3,(H,34,35);;1H2/q;;+1;/p-1/t28?,29-,30+;26?,27-,28+;;/m11../s1. The first-order valence-electron chi connectivity index (χ1n) is 28.2. The van der Waals surface area contributed by atoms with Crippen molar-refractivity contribution in [2.75, 3.05) is 60.1 Å². The number of nitrogens with zero attached hydrogens (tertiary/aromatic N) is 4. The molecule has 2 aliphatic rings. The van der Waals surface area contributed by atoms with Crippen LogP contribution in [-0.4, -0.2) is 127 Å². The second-order valence-electron chi connectivity index (χ2n) is 21.4. The van der Waals surface area contributed by atoms with Crippen LogP contribution in [0.15, 0.2) is 118 Å². The number of carbonyl (C=O) groups is 2. The van der Waals surface area contributed by atoms with Crippen LogP contribution in [0.2, 0.25) is 0 Å². The summed E-state index contributed by atoms with van der Waals surface area (Å²) >= 11 is 0. The first-order chi connectivity index (χ1) is 37.8. The number of rotatable bonds is 27. The zero-order chi connectivity index (χ0) is 55.2. The molecule has 0 radical (unpaired) electrons. The minimum absolute atomic E-state index is 0. The summed E-state index contributed by atoms with van der Waals surface area (Å²) in [5.41, 5.74) is 8.46. The van der Waals surface area contributed by atoms with Gasteiger partial charge in [0.05, 0.1) is 69.3 Å². The van der Waals surface area contributed by atoms with Crippen molar-refractivity contribution in [2.45, 2.75) is 136 Å². The zero-order valence-corrected chi connectivity index (χ0v) is 48.6. The number of likely N-dealkylation sites (N-methyl/N-ethyl adjacent to an activating group) is 2. The first kappa shape index (κ1) is 65.4. The van der Waals surface area contributed by atoms with Gasteiger partial charge in [0, 0.05) is 37.3 Å². The van der Waals surface area contributed by atoms with Gasteiger partial charge in [0.1, 0.15) is 22.9 Å². The van der Waals surface area contributed by atoms with Gasteiger partial charge in [0.15, 0.2) is 0 Å². The summed E-state index contributed by atoms with van der Waals surface area (Å²) in [7, 11) is 4.02. The number of carboxylic acids is 1. The third kappa shape index (κ3) is 21.5. The molecule has 0 amide bonds. The maximum absolute atomic E-state index is 12.7. The van der Waals surface area contributed by atoms with Gasteiger partial charge in [0.2, 0.25) is 11.8 Å². The SMILES string of the molecule is CCOC(=O)C(CO[C@@H]1CCC[C@H](OCc2nc(-c3cccc(C)c3)oc2C)C1)CN(C)CCc1ccccc1.Cc1cccc(-c2nc(CO[C@H]3CCC[C@@H](OCC(CN(C)CCc4ccccc4)C(=O)O)C3)c(C)o2)c1.[Li+].[OH-]. The van der Waals surface area contributed by atoms with Crippen molar-refractivity contribution in [3.8, 4) is 22.9 Å². The molecule has 2 aromatic heterocycles. The number of hydrogen-bond donors (Lipinski definition) is 1. The van der Waals surface area contributed by atoms with Crippen molar-refractivity contribution in [3.05, 3.63) is 154 Å². The fourth-order valence-electron chi connectivity index (χ4n) is 10.2. The molecule has 0 saturated heterocycles. The van der Waals surface area contributed by atoms with Crippen molar-refractivity contribution < 1.29 is 71.6 Å². The van der Waals surface area contributed by atoms with E-state index in [4.69, 9.17) is 37.5 Å². The fraction of sp³-hybridized carbons (Fsp3) is 0.500. The molecular weight excluding hydrogens is 1010 g/mol. The number of aliphatic carboxylic acids is 1. The third-order valence-corrected chi connectivity index (χ3v) is 14.7. The molecule has 8 rings (SSSR count). The number of aryl methyl sites for hydroxylation is 4. The zero-order valence-electron chi connectivity index (χ0n) is 48.6. The summed E-state index contributed by atoms with van der Waals surface area (Å²) in [5, 5.41) is 9.78. The molecule has 2 saturated carbocycles. The molecule has 2 aliphatic carbocycles. The average Bonchev–Trinajstić information content (AvgIpc) is 4.05. The average molecular weight is 1090 g/mol. The monoisotopic (exact) mass is 1090 g/mol. The smallest absolute Gasteiger partial charge is 0.870 e. The van der Waals surface area contributed by atoms with Gasteiger partial charge >= 0.3 is 30.8 Å². The predicted octanol–water partition coefficient (Wildman–Crippen LogP) is 8.66. The molecule has 0 aliphatic heterocycles. The van der Waals surface area contributed by atoms with Crippen molar-refractivity contribution in [1.82, 2.24) is 19.8 Å². The van der Waals surface area contributed by atoms with E-state index in [-0.39, 0.29) is 67.2 Å². The van der Waals surface area contributed by atoms with Crippen LogP contribution in [0.1, 0.15) is 103 Å². The maximum atomic E-state index is 12.7. The molecule has 6 aromatic rings. The number of benzene rings is 4. The van der Waals surface area contributed by atoms with Gasteiger partial charge in [-0.2, -0.15) is 0 Å². The van der Waals surface area contributed by atoms with Crippen molar-refractivity contribution in [2.24, 2.45) is 11.8 Å². The Bertz CT molecular complexity index is 2740. The maximum Gasteiger partial charge on any atom is 1.00 e. The van der Waals surface area contributed by atoms with Gasteiger partial charge in [-0.05, 0) is 148 Å². The number of esters is 1. The van der Waals surface area contributed by atoms with Crippen LogP contribution in [0.5, 0.6) is 0 Å². The van der Waals surface area contributed by atoms with E-state index in [2.05, 4.69) is 83.4 Å². The molecule has 16 heteroatoms. The molecule has 2 fully saturated rings. The molecule has 2 heterocycles. The quantitative estimate of drug-likeness (QED) is 0.0381. The molecule has 6 atom stereocenters. The van der Waals surface area contributed by atoms with Crippen LogP contribution in [0.25, 0.3) is 22.9 Å². The third-order valence-electron chi connectivity index (χ3n) is 14.7. The normalized spacial score (nSPS) is 17.9. The summed E-state index contributed by atoms with van der Waals surface area (Å²) in [6.07, 6.45) is 9.50. The van der Waals surface area contributed by atoms with Crippen molar-refractivity contribution >= 4 is 11.9 Å². The van der Waals surface area contributed by atoms with Crippen LogP contribution in [-0.2, 0) is 59.3 Å². The summed E-state index contributed by atoms with van der Waals surface area (Å²) < 4.78 is 42.2. The molecule has 4 aromatic carbocycles. The van der Waals surface area contributed by atoms with E-state index in [0.29, 0.717) is 51.3 Å². The van der Waals surface area contributed by atoms with E-state index < -0.39 is 11.9 Å². The summed E-state index contributed by atoms with van der Waals surface area (Å²) in [6, 6.07) is 36.9. The number of oxazole rings is 2. The second kappa shape index (κ2) is 34.1. The van der Waals surface area contributed by atoms with Crippen LogP contribution in [0.4, 0.5) is 0 Å². The van der Waals surface area contributed by atoms with Gasteiger partial charge in [-0.3, -0.25) is 9.59 Å². The number of hydrogen-bond acceptors (Lipinski definition) is 14. The molecule has 2 N–H and O–H groups in total. The van der Waals surface area contributed by atoms with Crippen molar-refractivity contribution in [3.63, 3.8) is 0 Å². The summed E-state index contributed by atoms with van der Waals surface area (Å²) in [4.78, 5) is 38.3. The second-order valence-corrected chi connectivity index (χ2v) is 21.4. The molecule has 2 unspecified atom stereocenters. The Balaban J connectivity index is 0.000000287. The Kier molecular flexibility index (Phi) is 27.9. The van der Waals surface area contributed by atoms with Crippen molar-refractivity contribution in [1.29, 1.82) is 0 Å². The minimum Gasteiger partial charge on any atom is -0.870 e. The number of aromatic nitrogens is 2. The Morgan fingerprint density at radius 3 is 1.43 bits per heavy atom. The van der Waals surface area contributed by atoms with E-state index in [9.17, 15) is 14.7 Å². The van der Waals surface area contributed by atoms with Gasteiger partial charge in [-0.25, -0.2) is 9.97 Å². The summed E-state index contributed by atoms with van der Waals surface area (Å²) in [6.45, 7) is 14.3. The van der Waals surface area contributed by atoms with E-state index in [1.54, 1.807) is 0 Å². The van der Waals surface area contributed by atoms with E-state index >= 15 is 0 Å². The van der Waals surface area contributed by atoms with E-state index in [0.717, 1.165) is 117 Å². The molecule has 0 spiro atoms. The Morgan fingerprint density at radius 1 is 0.600 bits per heavy atom. The van der Waals surface area contributed by atoms with Gasteiger partial charge in [0.25, 0.3) is 0 Å². The van der Waals surface area contributed by atoms with Crippen LogP contribution in [0, 0.1) is 39.5 Å². The van der Waals surface area contributed by atoms with E-state index in [1.165, 1.54) is 16.7 Å². The Hall–Kier alpha value is -5.44. The molecule has 428 valence electrons. The Labute approximate surface area is 486 Å². The summed E-state index contributed by atoms with van der Waals surface area (Å²) in [5.74, 6) is 0.912. The van der Waals surface area contributed by atoms with E-state index in [1.807, 2.05) is 89.3 Å². The topological polar surface area (TPSA) is 189 Å². The predicted molar refractivity (Wildman–Crippen MR) is 305 cm³/mol. The van der Waals surface area contributed by atoms with Crippen LogP contribution < -0.4 is 18.9 Å². The Morgan fingerprint density at radius 2 is 1.01 bits per heavy atom. The van der Waals surface area contributed by atoms with Crippen LogP contribution in [0.3, 0.4) is 0 Å². The number of ether oxygens (including phenoxy) is 5. The van der Waals surface area contributed by atoms with Gasteiger partial charge in [-0.15, -0.1) is 0 Å². The van der Waals surface area contributed by atoms with Crippen LogP contribution >= 0.6 is 0 Å². The number of carboxylic acid groups (broad SMARTS) is 1. The minimum atomic E-state index is -0.814. The molecule has 15 nitrogen and oxygen atoms in total. The molecular formula is C64H85LiN4O11. The molecule has 0 bridgehead atoms.